The zero-order chi connectivity index (χ0) is 18.5. The second kappa shape index (κ2) is 8.77. The molecule has 1 saturated heterocycles. The molecule has 8 heteroatoms. The first kappa shape index (κ1) is 19.0. The van der Waals surface area contributed by atoms with Crippen LogP contribution in [0.15, 0.2) is 22.9 Å². The summed E-state index contributed by atoms with van der Waals surface area (Å²) in [5.41, 5.74) is 1.21. The molecule has 0 aliphatic carbocycles. The summed E-state index contributed by atoms with van der Waals surface area (Å²) in [6.07, 6.45) is 1.10. The van der Waals surface area contributed by atoms with E-state index >= 15 is 0 Å². The Kier molecular flexibility index (Phi) is 6.42. The number of piperidine rings is 1. The first-order valence-electron chi connectivity index (χ1n) is 8.61. The summed E-state index contributed by atoms with van der Waals surface area (Å²) < 4.78 is 5.19. The van der Waals surface area contributed by atoms with Gasteiger partial charge in [-0.15, -0.1) is 22.7 Å². The largest absolute Gasteiger partial charge is 0.462 e. The minimum absolute atomic E-state index is 0.161. The third-order valence-corrected chi connectivity index (χ3v) is 6.03. The molecule has 3 heterocycles. The van der Waals surface area contributed by atoms with E-state index in [1.165, 1.54) is 11.3 Å². The summed E-state index contributed by atoms with van der Waals surface area (Å²) in [7, 11) is 0. The van der Waals surface area contributed by atoms with Crippen molar-refractivity contribution < 1.29 is 19.4 Å². The molecule has 3 rings (SSSR count). The van der Waals surface area contributed by atoms with Crippen LogP contribution in [0.5, 0.6) is 0 Å². The summed E-state index contributed by atoms with van der Waals surface area (Å²) in [4.78, 5) is 27.9. The number of hydrogen-bond acceptors (Lipinski definition) is 7. The number of thiophene rings is 2. The Morgan fingerprint density at radius 3 is 2.77 bits per heavy atom. The second-order valence-electron chi connectivity index (χ2n) is 6.11. The number of nitrogens with zero attached hydrogens (tertiary/aromatic N) is 1. The van der Waals surface area contributed by atoms with Gasteiger partial charge in [-0.05, 0) is 31.2 Å². The molecular formula is C18H22N2O4S2. The normalized spacial score (nSPS) is 15.8. The van der Waals surface area contributed by atoms with Crippen LogP contribution in [-0.4, -0.2) is 54.2 Å². The van der Waals surface area contributed by atoms with Gasteiger partial charge in [0.15, 0.2) is 0 Å². The Hall–Kier alpha value is -1.74. The van der Waals surface area contributed by atoms with Crippen LogP contribution in [0.2, 0.25) is 0 Å². The summed E-state index contributed by atoms with van der Waals surface area (Å²) in [6, 6.07) is 3.87. The first-order chi connectivity index (χ1) is 12.6. The quantitative estimate of drug-likeness (QED) is 0.736. The van der Waals surface area contributed by atoms with Crippen LogP contribution >= 0.6 is 22.7 Å². The van der Waals surface area contributed by atoms with E-state index < -0.39 is 5.97 Å². The number of likely N-dealkylation sites (tertiary alicyclic amines) is 1. The lowest BCUT2D eigenvalue weighted by molar-refractivity contribution is -0.117. The molecule has 0 spiro atoms. The Morgan fingerprint density at radius 2 is 2.12 bits per heavy atom. The van der Waals surface area contributed by atoms with Gasteiger partial charge >= 0.3 is 5.97 Å². The average molecular weight is 395 g/mol. The minimum atomic E-state index is -0.423. The zero-order valence-corrected chi connectivity index (χ0v) is 16.2. The maximum atomic E-state index is 12.4. The maximum Gasteiger partial charge on any atom is 0.341 e. The predicted octanol–water partition coefficient (Wildman–Crippen LogP) is 3.05. The molecule has 1 amide bonds. The molecule has 140 valence electrons. The highest BCUT2D eigenvalue weighted by atomic mass is 32.1. The SMILES string of the molecule is CCOC(=O)c1c(-c2cccs2)csc1NC(=O)CN1CCC(O)CC1. The molecule has 2 aromatic rings. The molecule has 1 fully saturated rings. The van der Waals surface area contributed by atoms with Gasteiger partial charge in [0.2, 0.25) is 5.91 Å². The van der Waals surface area contributed by atoms with E-state index in [9.17, 15) is 14.7 Å². The van der Waals surface area contributed by atoms with E-state index in [-0.39, 0.29) is 25.2 Å². The number of esters is 1. The van der Waals surface area contributed by atoms with Crippen molar-refractivity contribution in [2.75, 3.05) is 31.6 Å². The Morgan fingerprint density at radius 1 is 1.35 bits per heavy atom. The predicted molar refractivity (Wildman–Crippen MR) is 104 cm³/mol. The highest BCUT2D eigenvalue weighted by Gasteiger charge is 2.24. The van der Waals surface area contributed by atoms with Gasteiger partial charge in [-0.2, -0.15) is 0 Å². The molecule has 6 nitrogen and oxygen atoms in total. The topological polar surface area (TPSA) is 78.9 Å². The lowest BCUT2D eigenvalue weighted by Gasteiger charge is -2.28. The number of aliphatic hydroxyl groups is 1. The Labute approximate surface area is 160 Å². The summed E-state index contributed by atoms with van der Waals surface area (Å²) >= 11 is 2.88. The number of carbonyl (C=O) groups excluding carboxylic acids is 2. The van der Waals surface area contributed by atoms with E-state index in [2.05, 4.69) is 5.32 Å². The highest BCUT2D eigenvalue weighted by molar-refractivity contribution is 7.17. The van der Waals surface area contributed by atoms with Crippen LogP contribution in [0, 0.1) is 0 Å². The smallest absolute Gasteiger partial charge is 0.341 e. The van der Waals surface area contributed by atoms with Crippen LogP contribution < -0.4 is 5.32 Å². The first-order valence-corrected chi connectivity index (χ1v) is 10.4. The van der Waals surface area contributed by atoms with Crippen molar-refractivity contribution in [1.82, 2.24) is 4.90 Å². The van der Waals surface area contributed by atoms with Crippen LogP contribution in [0.25, 0.3) is 10.4 Å². The minimum Gasteiger partial charge on any atom is -0.462 e. The molecule has 0 atom stereocenters. The van der Waals surface area contributed by atoms with Gasteiger partial charge < -0.3 is 15.2 Å². The average Bonchev–Trinajstić information content (AvgIpc) is 3.26. The van der Waals surface area contributed by atoms with Gasteiger partial charge in [0, 0.05) is 28.9 Å². The summed E-state index contributed by atoms with van der Waals surface area (Å²) in [5.74, 6) is -0.583. The highest BCUT2D eigenvalue weighted by Crippen LogP contribution is 2.38. The van der Waals surface area contributed by atoms with Crippen LogP contribution in [0.4, 0.5) is 5.00 Å². The van der Waals surface area contributed by atoms with E-state index in [4.69, 9.17) is 4.74 Å². The van der Waals surface area contributed by atoms with E-state index in [1.807, 2.05) is 27.8 Å². The van der Waals surface area contributed by atoms with Crippen molar-refractivity contribution in [3.05, 3.63) is 28.5 Å². The number of ether oxygens (including phenoxy) is 1. The summed E-state index contributed by atoms with van der Waals surface area (Å²) in [6.45, 7) is 3.69. The van der Waals surface area contributed by atoms with Gasteiger partial charge in [0.25, 0.3) is 0 Å². The fraction of sp³-hybridized carbons (Fsp3) is 0.444. The molecule has 0 bridgehead atoms. The third kappa shape index (κ3) is 4.50. The molecule has 26 heavy (non-hydrogen) atoms. The van der Waals surface area contributed by atoms with Gasteiger partial charge in [-0.1, -0.05) is 6.07 Å². The van der Waals surface area contributed by atoms with E-state index in [0.29, 0.717) is 36.5 Å². The number of anilines is 1. The molecule has 1 aliphatic rings. The fourth-order valence-corrected chi connectivity index (χ4v) is 4.70. The van der Waals surface area contributed by atoms with E-state index in [1.54, 1.807) is 18.3 Å². The fourth-order valence-electron chi connectivity index (χ4n) is 2.92. The van der Waals surface area contributed by atoms with Crippen LogP contribution in [0.3, 0.4) is 0 Å². The molecule has 0 saturated carbocycles. The molecule has 0 aromatic carbocycles. The zero-order valence-electron chi connectivity index (χ0n) is 14.6. The Balaban J connectivity index is 1.74. The van der Waals surface area contributed by atoms with Gasteiger partial charge in [-0.3, -0.25) is 9.69 Å². The number of rotatable bonds is 6. The molecule has 1 aliphatic heterocycles. The second-order valence-corrected chi connectivity index (χ2v) is 7.93. The van der Waals surface area contributed by atoms with Crippen LogP contribution in [-0.2, 0) is 9.53 Å². The standard InChI is InChI=1S/C18H22N2O4S2/c1-2-24-18(23)16-13(14-4-3-9-25-14)11-26-17(16)19-15(22)10-20-7-5-12(21)6-8-20/h3-4,9,11-12,21H,2,5-8,10H2,1H3,(H,19,22). The lowest BCUT2D eigenvalue weighted by Crippen LogP contribution is -2.40. The maximum absolute atomic E-state index is 12.4. The Bertz CT molecular complexity index is 749. The van der Waals surface area contributed by atoms with Crippen molar-refractivity contribution >= 4 is 39.6 Å². The number of amides is 1. The number of nitrogens with one attached hydrogen (secondary N) is 1. The van der Waals surface area contributed by atoms with E-state index in [0.717, 1.165) is 10.4 Å². The summed E-state index contributed by atoms with van der Waals surface area (Å²) in [5, 5.41) is 16.8. The monoisotopic (exact) mass is 394 g/mol. The van der Waals surface area contributed by atoms with Crippen LogP contribution in [0.1, 0.15) is 30.1 Å². The van der Waals surface area contributed by atoms with Gasteiger partial charge in [-0.25, -0.2) is 4.79 Å². The molecule has 0 unspecified atom stereocenters. The van der Waals surface area contributed by atoms with Gasteiger partial charge in [0.1, 0.15) is 10.6 Å². The van der Waals surface area contributed by atoms with Crippen molar-refractivity contribution in [2.24, 2.45) is 0 Å². The lowest BCUT2D eigenvalue weighted by atomic mass is 10.1. The van der Waals surface area contributed by atoms with Crippen molar-refractivity contribution in [3.8, 4) is 10.4 Å². The van der Waals surface area contributed by atoms with Gasteiger partial charge in [0.05, 0.1) is 19.3 Å². The van der Waals surface area contributed by atoms with Crippen molar-refractivity contribution in [2.45, 2.75) is 25.9 Å². The van der Waals surface area contributed by atoms with Crippen molar-refractivity contribution in [3.63, 3.8) is 0 Å². The third-order valence-electron chi connectivity index (χ3n) is 4.23. The number of aliphatic hydroxyl groups excluding tert-OH is 1. The number of carbonyl (C=O) groups is 2. The molecular weight excluding hydrogens is 372 g/mol. The number of hydrogen-bond donors (Lipinski definition) is 2. The van der Waals surface area contributed by atoms with Crippen molar-refractivity contribution in [1.29, 1.82) is 0 Å². The molecule has 0 radical (unpaired) electrons. The molecule has 2 N–H and O–H groups in total. The molecule has 2 aromatic heterocycles.